The summed E-state index contributed by atoms with van der Waals surface area (Å²) in [6.45, 7) is 4.01. The number of carboxylic acids is 1. The zero-order valence-electron chi connectivity index (χ0n) is 10.0. The molecule has 0 spiro atoms. The Labute approximate surface area is 99.7 Å². The van der Waals surface area contributed by atoms with Crippen LogP contribution < -0.4 is 0 Å². The highest BCUT2D eigenvalue weighted by Crippen LogP contribution is 2.28. The lowest BCUT2D eigenvalue weighted by Gasteiger charge is -2.23. The molecular formula is C12H15N3O2. The van der Waals surface area contributed by atoms with Gasteiger partial charge in [-0.15, -0.1) is 0 Å². The van der Waals surface area contributed by atoms with Gasteiger partial charge in [0.05, 0.1) is 5.69 Å². The largest absolute Gasteiger partial charge is 0.481 e. The van der Waals surface area contributed by atoms with E-state index in [0.29, 0.717) is 11.5 Å². The number of hydrogen-bond donors (Lipinski definition) is 1. The van der Waals surface area contributed by atoms with E-state index in [1.165, 1.54) is 0 Å². The second-order valence-electron chi connectivity index (χ2n) is 4.88. The quantitative estimate of drug-likeness (QED) is 0.838. The van der Waals surface area contributed by atoms with Crippen molar-refractivity contribution in [2.24, 2.45) is 0 Å². The highest BCUT2D eigenvalue weighted by molar-refractivity contribution is 5.79. The molecule has 0 saturated heterocycles. The minimum absolute atomic E-state index is 0.383. The summed E-state index contributed by atoms with van der Waals surface area (Å²) in [6, 6.07) is 2.06. The van der Waals surface area contributed by atoms with Crippen molar-refractivity contribution in [3.63, 3.8) is 0 Å². The molecule has 1 aliphatic heterocycles. The third-order valence-corrected chi connectivity index (χ3v) is 3.32. The first-order chi connectivity index (χ1) is 7.98. The van der Waals surface area contributed by atoms with Gasteiger partial charge in [0.25, 0.3) is 0 Å². The van der Waals surface area contributed by atoms with Crippen molar-refractivity contribution in [2.75, 3.05) is 0 Å². The number of carbonyl (C=O) groups is 1. The van der Waals surface area contributed by atoms with Gasteiger partial charge in [0, 0.05) is 6.54 Å². The first-order valence-corrected chi connectivity index (χ1v) is 5.72. The summed E-state index contributed by atoms with van der Waals surface area (Å²) in [6.07, 6.45) is 2.86. The van der Waals surface area contributed by atoms with Gasteiger partial charge in [0.1, 0.15) is 17.3 Å². The molecule has 2 heterocycles. The minimum atomic E-state index is -1.05. The van der Waals surface area contributed by atoms with E-state index < -0.39 is 11.4 Å². The lowest BCUT2D eigenvalue weighted by molar-refractivity contribution is -0.142. The van der Waals surface area contributed by atoms with Crippen molar-refractivity contribution < 1.29 is 9.90 Å². The molecule has 1 N–H and O–H groups in total. The van der Waals surface area contributed by atoms with Crippen LogP contribution >= 0.6 is 0 Å². The molecule has 5 nitrogen and oxygen atoms in total. The van der Waals surface area contributed by atoms with Gasteiger partial charge in [-0.05, 0) is 33.1 Å². The number of nitrogens with zero attached hydrogens (tertiary/aromatic N) is 3. The van der Waals surface area contributed by atoms with Crippen molar-refractivity contribution in [1.82, 2.24) is 9.55 Å². The van der Waals surface area contributed by atoms with E-state index >= 15 is 0 Å². The number of hydrogen-bond acceptors (Lipinski definition) is 3. The van der Waals surface area contributed by atoms with Crippen LogP contribution in [0.1, 0.15) is 43.9 Å². The van der Waals surface area contributed by atoms with Crippen LogP contribution in [0.5, 0.6) is 0 Å². The molecule has 0 aliphatic carbocycles. The van der Waals surface area contributed by atoms with Crippen LogP contribution in [-0.4, -0.2) is 20.6 Å². The fraction of sp³-hybridized carbons (Fsp3) is 0.583. The van der Waals surface area contributed by atoms with Gasteiger partial charge in [-0.3, -0.25) is 4.79 Å². The Morgan fingerprint density at radius 1 is 1.53 bits per heavy atom. The molecule has 1 aliphatic rings. The van der Waals surface area contributed by atoms with Gasteiger partial charge in [0.15, 0.2) is 5.69 Å². The van der Waals surface area contributed by atoms with Crippen LogP contribution in [0, 0.1) is 11.3 Å². The van der Waals surface area contributed by atoms with Crippen LogP contribution in [0.25, 0.3) is 0 Å². The standard InChI is InChI=1S/C12H15N3O2/c1-12(2,11(16)17)10-14-8(7-13)9-5-3-4-6-15(9)10/h3-6H2,1-2H3,(H,16,17). The predicted octanol–water partition coefficient (Wildman–Crippen LogP) is 1.45. The summed E-state index contributed by atoms with van der Waals surface area (Å²) in [7, 11) is 0. The number of nitriles is 1. The molecule has 2 rings (SSSR count). The normalized spacial score (nSPS) is 15.1. The molecule has 0 fully saturated rings. The van der Waals surface area contributed by atoms with Crippen LogP contribution in [0.15, 0.2) is 0 Å². The molecule has 0 amide bonds. The first-order valence-electron chi connectivity index (χ1n) is 5.72. The smallest absolute Gasteiger partial charge is 0.316 e. The minimum Gasteiger partial charge on any atom is -0.481 e. The van der Waals surface area contributed by atoms with Crippen LogP contribution in [0.2, 0.25) is 0 Å². The van der Waals surface area contributed by atoms with Crippen LogP contribution in [0.3, 0.4) is 0 Å². The maximum absolute atomic E-state index is 11.3. The van der Waals surface area contributed by atoms with Gasteiger partial charge >= 0.3 is 5.97 Å². The number of imidazole rings is 1. The Morgan fingerprint density at radius 3 is 2.82 bits per heavy atom. The topological polar surface area (TPSA) is 78.9 Å². The molecule has 90 valence electrons. The fourth-order valence-corrected chi connectivity index (χ4v) is 2.21. The van der Waals surface area contributed by atoms with Crippen molar-refractivity contribution in [3.05, 3.63) is 17.2 Å². The van der Waals surface area contributed by atoms with E-state index in [1.54, 1.807) is 13.8 Å². The van der Waals surface area contributed by atoms with Crippen molar-refractivity contribution in [1.29, 1.82) is 5.26 Å². The molecule has 0 radical (unpaired) electrons. The molecule has 1 aromatic heterocycles. The Bertz CT molecular complexity index is 509. The zero-order valence-corrected chi connectivity index (χ0v) is 10.0. The maximum Gasteiger partial charge on any atom is 0.316 e. The molecule has 5 heteroatoms. The molecule has 0 aromatic carbocycles. The third-order valence-electron chi connectivity index (χ3n) is 3.32. The van der Waals surface area contributed by atoms with Crippen molar-refractivity contribution in [2.45, 2.75) is 45.1 Å². The van der Waals surface area contributed by atoms with E-state index in [2.05, 4.69) is 11.1 Å². The fourth-order valence-electron chi connectivity index (χ4n) is 2.21. The lowest BCUT2D eigenvalue weighted by atomic mass is 9.92. The van der Waals surface area contributed by atoms with E-state index in [9.17, 15) is 9.90 Å². The molecular weight excluding hydrogens is 218 g/mol. The van der Waals surface area contributed by atoms with Crippen molar-refractivity contribution in [3.8, 4) is 6.07 Å². The van der Waals surface area contributed by atoms with Gasteiger partial charge in [-0.2, -0.15) is 5.26 Å². The summed E-state index contributed by atoms with van der Waals surface area (Å²) >= 11 is 0. The molecule has 0 atom stereocenters. The zero-order chi connectivity index (χ0) is 12.6. The Hall–Kier alpha value is -1.83. The average Bonchev–Trinajstić information content (AvgIpc) is 2.68. The number of carboxylic acid groups (broad SMARTS) is 1. The second kappa shape index (κ2) is 3.88. The number of rotatable bonds is 2. The second-order valence-corrected chi connectivity index (χ2v) is 4.88. The summed E-state index contributed by atoms with van der Waals surface area (Å²) in [5.41, 5.74) is 0.221. The highest BCUT2D eigenvalue weighted by Gasteiger charge is 2.36. The van der Waals surface area contributed by atoms with E-state index in [0.717, 1.165) is 31.5 Å². The van der Waals surface area contributed by atoms with E-state index in [-0.39, 0.29) is 0 Å². The summed E-state index contributed by atoms with van der Waals surface area (Å²) in [4.78, 5) is 15.5. The number of aromatic nitrogens is 2. The van der Waals surface area contributed by atoms with E-state index in [4.69, 9.17) is 5.26 Å². The Balaban J connectivity index is 2.60. The Morgan fingerprint density at radius 2 is 2.24 bits per heavy atom. The molecule has 0 bridgehead atoms. The Kier molecular flexibility index (Phi) is 2.66. The lowest BCUT2D eigenvalue weighted by Crippen LogP contribution is -2.33. The molecule has 0 saturated carbocycles. The summed E-state index contributed by atoms with van der Waals surface area (Å²) in [5, 5.41) is 18.3. The van der Waals surface area contributed by atoms with Gasteiger partial charge in [-0.25, -0.2) is 4.98 Å². The monoisotopic (exact) mass is 233 g/mol. The number of fused-ring (bicyclic) bond motifs is 1. The van der Waals surface area contributed by atoms with Crippen LogP contribution in [-0.2, 0) is 23.2 Å². The molecule has 0 unspecified atom stereocenters. The third kappa shape index (κ3) is 1.70. The van der Waals surface area contributed by atoms with Gasteiger partial charge < -0.3 is 9.67 Å². The molecule has 17 heavy (non-hydrogen) atoms. The first kappa shape index (κ1) is 11.6. The summed E-state index contributed by atoms with van der Waals surface area (Å²) < 4.78 is 1.91. The highest BCUT2D eigenvalue weighted by atomic mass is 16.4. The predicted molar refractivity (Wildman–Crippen MR) is 60.5 cm³/mol. The maximum atomic E-state index is 11.3. The SMILES string of the molecule is CC(C)(C(=O)O)c1nc(C#N)c2n1CCCC2. The average molecular weight is 233 g/mol. The van der Waals surface area contributed by atoms with Crippen molar-refractivity contribution >= 4 is 5.97 Å². The molecule has 1 aromatic rings. The van der Waals surface area contributed by atoms with E-state index in [1.807, 2.05) is 4.57 Å². The number of aliphatic carboxylic acids is 1. The van der Waals surface area contributed by atoms with Crippen LogP contribution in [0.4, 0.5) is 0 Å². The van der Waals surface area contributed by atoms with Gasteiger partial charge in [-0.1, -0.05) is 0 Å². The van der Waals surface area contributed by atoms with Gasteiger partial charge in [0.2, 0.25) is 0 Å². The summed E-state index contributed by atoms with van der Waals surface area (Å²) in [5.74, 6) is -0.420.